The third-order valence-electron chi connectivity index (χ3n) is 5.60. The third kappa shape index (κ3) is 6.31. The summed E-state index contributed by atoms with van der Waals surface area (Å²) < 4.78 is 11.6. The molecule has 0 unspecified atom stereocenters. The van der Waals surface area contributed by atoms with Gasteiger partial charge in [-0.25, -0.2) is 0 Å². The number of thioether (sulfide) groups is 1. The molecular weight excluding hydrogens is 506 g/mol. The zero-order valence-electron chi connectivity index (χ0n) is 21.0. The van der Waals surface area contributed by atoms with Crippen LogP contribution in [0, 0.1) is 6.92 Å². The predicted octanol–water partition coefficient (Wildman–Crippen LogP) is 5.49. The van der Waals surface area contributed by atoms with Gasteiger partial charge in [-0.15, -0.1) is 0 Å². The lowest BCUT2D eigenvalue weighted by Gasteiger charge is -2.17. The normalized spacial score (nSPS) is 14.2. The molecule has 1 heterocycles. The van der Waals surface area contributed by atoms with E-state index in [1.165, 1.54) is 23.8 Å². The molecular formula is C28H27N3O4S2. The van der Waals surface area contributed by atoms with Crippen molar-refractivity contribution in [2.24, 2.45) is 0 Å². The second-order valence-electron chi connectivity index (χ2n) is 8.54. The van der Waals surface area contributed by atoms with Crippen LogP contribution in [-0.4, -0.2) is 43.9 Å². The summed E-state index contributed by atoms with van der Waals surface area (Å²) in [7, 11) is 5.44. The minimum absolute atomic E-state index is 0.172. The molecule has 0 radical (unpaired) electrons. The quantitative estimate of drug-likeness (QED) is 0.303. The van der Waals surface area contributed by atoms with Gasteiger partial charge in [0.15, 0.2) is 22.4 Å². The number of methoxy groups -OCH3 is 1. The van der Waals surface area contributed by atoms with Crippen molar-refractivity contribution in [3.8, 4) is 11.5 Å². The van der Waals surface area contributed by atoms with E-state index < -0.39 is 0 Å². The van der Waals surface area contributed by atoms with Gasteiger partial charge in [-0.2, -0.15) is 0 Å². The Labute approximate surface area is 226 Å². The van der Waals surface area contributed by atoms with Crippen molar-refractivity contribution in [1.82, 2.24) is 0 Å². The second kappa shape index (κ2) is 11.5. The van der Waals surface area contributed by atoms with Crippen LogP contribution in [0.15, 0.2) is 71.6 Å². The van der Waals surface area contributed by atoms with Gasteiger partial charge in [0.1, 0.15) is 0 Å². The molecule has 1 saturated heterocycles. The van der Waals surface area contributed by atoms with Gasteiger partial charge in [-0.3, -0.25) is 14.5 Å². The molecule has 0 atom stereocenters. The fourth-order valence-electron chi connectivity index (χ4n) is 3.61. The average Bonchev–Trinajstić information content (AvgIpc) is 3.16. The standard InChI is InChI=1S/C28H27N3O4S2/c1-18-5-8-20(9-6-18)29-26(32)17-35-23-14-7-19(15-24(23)34-4)16-25-27(33)31(28(36)37-25)22-12-10-21(11-13-22)30(2)3/h5-16H,17H2,1-4H3,(H,29,32). The van der Waals surface area contributed by atoms with E-state index in [1.54, 1.807) is 24.3 Å². The van der Waals surface area contributed by atoms with Crippen molar-refractivity contribution in [1.29, 1.82) is 0 Å². The number of nitrogens with one attached hydrogen (secondary N) is 1. The smallest absolute Gasteiger partial charge is 0.270 e. The minimum atomic E-state index is -0.280. The number of carbonyl (C=O) groups excluding carboxylic acids is 2. The number of benzene rings is 3. The number of hydrogen-bond acceptors (Lipinski definition) is 7. The van der Waals surface area contributed by atoms with Gasteiger partial charge in [0, 0.05) is 25.5 Å². The Kier molecular flexibility index (Phi) is 8.15. The molecule has 1 aliphatic heterocycles. The molecule has 3 aromatic carbocycles. The first-order chi connectivity index (χ1) is 17.7. The molecule has 1 aliphatic rings. The highest BCUT2D eigenvalue weighted by atomic mass is 32.2. The summed E-state index contributed by atoms with van der Waals surface area (Å²) in [6.45, 7) is 1.81. The molecule has 190 valence electrons. The lowest BCUT2D eigenvalue weighted by Crippen LogP contribution is -2.27. The van der Waals surface area contributed by atoms with Crippen LogP contribution < -0.4 is 24.6 Å². The van der Waals surface area contributed by atoms with Crippen molar-refractivity contribution < 1.29 is 19.1 Å². The van der Waals surface area contributed by atoms with E-state index in [4.69, 9.17) is 21.7 Å². The van der Waals surface area contributed by atoms with Gasteiger partial charge in [-0.1, -0.05) is 47.7 Å². The first kappa shape index (κ1) is 26.2. The van der Waals surface area contributed by atoms with E-state index in [9.17, 15) is 9.59 Å². The molecule has 1 N–H and O–H groups in total. The van der Waals surface area contributed by atoms with Crippen molar-refractivity contribution in [3.05, 3.63) is 82.8 Å². The molecule has 0 aliphatic carbocycles. The second-order valence-corrected chi connectivity index (χ2v) is 10.2. The van der Waals surface area contributed by atoms with Crippen molar-refractivity contribution in [3.63, 3.8) is 0 Å². The molecule has 9 heteroatoms. The highest BCUT2D eigenvalue weighted by Gasteiger charge is 2.33. The first-order valence-corrected chi connectivity index (χ1v) is 12.7. The van der Waals surface area contributed by atoms with E-state index in [2.05, 4.69) is 5.32 Å². The molecule has 0 bridgehead atoms. The number of amides is 2. The number of ether oxygens (including phenoxy) is 2. The highest BCUT2D eigenvalue weighted by molar-refractivity contribution is 8.27. The summed E-state index contributed by atoms with van der Waals surface area (Å²) in [5.41, 5.74) is 4.32. The van der Waals surface area contributed by atoms with E-state index in [-0.39, 0.29) is 18.4 Å². The number of rotatable bonds is 8. The molecule has 4 rings (SSSR count). The summed E-state index contributed by atoms with van der Waals surface area (Å²) in [5, 5.41) is 2.80. The maximum atomic E-state index is 13.1. The third-order valence-corrected chi connectivity index (χ3v) is 6.90. The first-order valence-electron chi connectivity index (χ1n) is 11.5. The molecule has 0 aromatic heterocycles. The number of carbonyl (C=O) groups is 2. The zero-order chi connectivity index (χ0) is 26.5. The summed E-state index contributed by atoms with van der Waals surface area (Å²) in [6, 6.07) is 20.4. The van der Waals surface area contributed by atoms with Crippen LogP contribution in [0.4, 0.5) is 17.1 Å². The average molecular weight is 534 g/mol. The molecule has 0 saturated carbocycles. The number of thiocarbonyl (C=S) groups is 1. The van der Waals surface area contributed by atoms with E-state index in [0.717, 1.165) is 22.5 Å². The van der Waals surface area contributed by atoms with Gasteiger partial charge in [0.05, 0.1) is 17.7 Å². The number of nitrogens with zero attached hydrogens (tertiary/aromatic N) is 2. The van der Waals surface area contributed by atoms with Crippen LogP contribution >= 0.6 is 24.0 Å². The molecule has 37 heavy (non-hydrogen) atoms. The highest BCUT2D eigenvalue weighted by Crippen LogP contribution is 2.37. The van der Waals surface area contributed by atoms with Gasteiger partial charge >= 0.3 is 0 Å². The SMILES string of the molecule is COc1cc(C=C2SC(=S)N(c3ccc(N(C)C)cc3)C2=O)ccc1OCC(=O)Nc1ccc(C)cc1. The molecule has 0 spiro atoms. The Morgan fingerprint density at radius 3 is 2.41 bits per heavy atom. The molecule has 3 aromatic rings. The predicted molar refractivity (Wildman–Crippen MR) is 155 cm³/mol. The maximum absolute atomic E-state index is 13.1. The Morgan fingerprint density at radius 2 is 1.76 bits per heavy atom. The van der Waals surface area contributed by atoms with Crippen molar-refractivity contribution in [2.45, 2.75) is 6.92 Å². The monoisotopic (exact) mass is 533 g/mol. The van der Waals surface area contributed by atoms with Crippen LogP contribution in [0.5, 0.6) is 11.5 Å². The van der Waals surface area contributed by atoms with Crippen LogP contribution in [-0.2, 0) is 9.59 Å². The van der Waals surface area contributed by atoms with Gasteiger partial charge in [0.25, 0.3) is 11.8 Å². The molecule has 1 fully saturated rings. The van der Waals surface area contributed by atoms with E-state index >= 15 is 0 Å². The Balaban J connectivity index is 1.44. The maximum Gasteiger partial charge on any atom is 0.270 e. The number of hydrogen-bond donors (Lipinski definition) is 1. The number of aryl methyl sites for hydroxylation is 1. The van der Waals surface area contributed by atoms with E-state index in [0.29, 0.717) is 26.4 Å². The summed E-state index contributed by atoms with van der Waals surface area (Å²) in [5.74, 6) is 0.413. The topological polar surface area (TPSA) is 71.1 Å². The van der Waals surface area contributed by atoms with Crippen molar-refractivity contribution in [2.75, 3.05) is 42.9 Å². The largest absolute Gasteiger partial charge is 0.493 e. The fraction of sp³-hybridized carbons (Fsp3) is 0.179. The Bertz CT molecular complexity index is 1350. The van der Waals surface area contributed by atoms with Crippen LogP contribution in [0.1, 0.15) is 11.1 Å². The summed E-state index contributed by atoms with van der Waals surface area (Å²) in [6.07, 6.45) is 1.77. The molecule has 2 amide bonds. The van der Waals surface area contributed by atoms with E-state index in [1.807, 2.05) is 74.4 Å². The van der Waals surface area contributed by atoms with Gasteiger partial charge < -0.3 is 19.7 Å². The lowest BCUT2D eigenvalue weighted by atomic mass is 10.1. The van der Waals surface area contributed by atoms with Gasteiger partial charge in [0.2, 0.25) is 0 Å². The minimum Gasteiger partial charge on any atom is -0.493 e. The summed E-state index contributed by atoms with van der Waals surface area (Å²) >= 11 is 6.74. The Morgan fingerprint density at radius 1 is 1.05 bits per heavy atom. The molecule has 7 nitrogen and oxygen atoms in total. The number of anilines is 3. The Hall–Kier alpha value is -3.82. The van der Waals surface area contributed by atoms with Crippen molar-refractivity contribution >= 4 is 63.3 Å². The van der Waals surface area contributed by atoms with Gasteiger partial charge in [-0.05, 0) is 67.1 Å². The zero-order valence-corrected chi connectivity index (χ0v) is 22.6. The van der Waals surface area contributed by atoms with Crippen LogP contribution in [0.25, 0.3) is 6.08 Å². The lowest BCUT2D eigenvalue weighted by molar-refractivity contribution is -0.118. The van der Waals surface area contributed by atoms with Crippen LogP contribution in [0.3, 0.4) is 0 Å². The van der Waals surface area contributed by atoms with Crippen LogP contribution in [0.2, 0.25) is 0 Å². The fourth-order valence-corrected chi connectivity index (χ4v) is 4.91. The summed E-state index contributed by atoms with van der Waals surface area (Å²) in [4.78, 5) is 29.5.